The number of hydrogen-bond acceptors (Lipinski definition) is 5. The Hall–Kier alpha value is -3.53. The van der Waals surface area contributed by atoms with E-state index in [-0.39, 0.29) is 35.1 Å². The zero-order valence-corrected chi connectivity index (χ0v) is 18.0. The zero-order chi connectivity index (χ0) is 23.4. The number of rotatable bonds is 8. The van der Waals surface area contributed by atoms with Crippen LogP contribution in [0, 0.1) is 18.6 Å². The molecule has 32 heavy (non-hydrogen) atoms. The van der Waals surface area contributed by atoms with Crippen molar-refractivity contribution in [2.75, 3.05) is 11.9 Å². The minimum Gasteiger partial charge on any atom is -0.493 e. The van der Waals surface area contributed by atoms with Gasteiger partial charge in [0.25, 0.3) is 5.91 Å². The molecule has 0 fully saturated rings. The number of aryl methyl sites for hydroxylation is 1. The van der Waals surface area contributed by atoms with Gasteiger partial charge < -0.3 is 15.2 Å². The summed E-state index contributed by atoms with van der Waals surface area (Å²) in [7, 11) is 1.40. The van der Waals surface area contributed by atoms with E-state index in [9.17, 15) is 19.1 Å². The fourth-order valence-electron chi connectivity index (χ4n) is 3.07. The molecule has 0 saturated heterocycles. The van der Waals surface area contributed by atoms with Crippen molar-refractivity contribution < 1.29 is 23.4 Å². The lowest BCUT2D eigenvalue weighted by Gasteiger charge is -2.15. The molecule has 1 heterocycles. The standard InChI is InChI=1S/C22H24F2N4O4/c1-4-5-9-32-18-11-17(28-22(31)27(3)19(12-29)26-28)16(24)10-14(18)21(30)25-20-13(2)7-6-8-15(20)23/h6-8,10-11,29H,4-5,9,12H2,1-3H3,(H,25,30). The minimum absolute atomic E-state index is 0.0180. The number of para-hydroxylation sites is 1. The Morgan fingerprint density at radius 1 is 1.25 bits per heavy atom. The van der Waals surface area contributed by atoms with Crippen LogP contribution in [0.5, 0.6) is 5.75 Å². The first-order chi connectivity index (χ1) is 15.3. The topological polar surface area (TPSA) is 98.4 Å². The van der Waals surface area contributed by atoms with Crippen molar-refractivity contribution >= 4 is 11.6 Å². The van der Waals surface area contributed by atoms with Crippen LogP contribution in [-0.4, -0.2) is 32.0 Å². The fraction of sp³-hybridized carbons (Fsp3) is 0.318. The second kappa shape index (κ2) is 9.73. The summed E-state index contributed by atoms with van der Waals surface area (Å²) in [6.45, 7) is 3.33. The van der Waals surface area contributed by atoms with Gasteiger partial charge in [-0.05, 0) is 31.0 Å². The van der Waals surface area contributed by atoms with E-state index in [1.807, 2.05) is 6.92 Å². The summed E-state index contributed by atoms with van der Waals surface area (Å²) in [5, 5.41) is 15.7. The van der Waals surface area contributed by atoms with Gasteiger partial charge in [-0.1, -0.05) is 25.5 Å². The van der Waals surface area contributed by atoms with E-state index in [0.29, 0.717) is 12.0 Å². The highest BCUT2D eigenvalue weighted by molar-refractivity contribution is 6.06. The van der Waals surface area contributed by atoms with Gasteiger partial charge >= 0.3 is 5.69 Å². The number of aromatic nitrogens is 3. The number of hydrogen-bond donors (Lipinski definition) is 2. The van der Waals surface area contributed by atoms with Crippen LogP contribution in [-0.2, 0) is 13.7 Å². The smallest absolute Gasteiger partial charge is 0.350 e. The molecule has 0 bridgehead atoms. The molecule has 1 aromatic heterocycles. The number of unbranched alkanes of at least 4 members (excludes halogenated alkanes) is 1. The third kappa shape index (κ3) is 4.54. The molecule has 2 N–H and O–H groups in total. The van der Waals surface area contributed by atoms with E-state index in [1.165, 1.54) is 25.2 Å². The lowest BCUT2D eigenvalue weighted by atomic mass is 10.1. The fourth-order valence-corrected chi connectivity index (χ4v) is 3.07. The van der Waals surface area contributed by atoms with Crippen molar-refractivity contribution in [1.29, 1.82) is 0 Å². The average molecular weight is 446 g/mol. The summed E-state index contributed by atoms with van der Waals surface area (Å²) in [5.41, 5.74) is -0.589. The summed E-state index contributed by atoms with van der Waals surface area (Å²) in [6.07, 6.45) is 1.50. The first-order valence-electron chi connectivity index (χ1n) is 10.1. The molecule has 0 aliphatic heterocycles. The first-order valence-corrected chi connectivity index (χ1v) is 10.1. The SMILES string of the molecule is CCCCOc1cc(-n2nc(CO)n(C)c2=O)c(F)cc1C(=O)Nc1c(C)cccc1F. The Labute approximate surface area is 183 Å². The number of amides is 1. The summed E-state index contributed by atoms with van der Waals surface area (Å²) >= 11 is 0. The molecule has 0 atom stereocenters. The molecule has 3 aromatic rings. The molecule has 0 aliphatic carbocycles. The molecular weight excluding hydrogens is 422 g/mol. The number of aliphatic hydroxyl groups is 1. The van der Waals surface area contributed by atoms with Gasteiger partial charge in [-0.25, -0.2) is 13.6 Å². The van der Waals surface area contributed by atoms with Crippen molar-refractivity contribution in [2.45, 2.75) is 33.3 Å². The third-order valence-electron chi connectivity index (χ3n) is 4.95. The van der Waals surface area contributed by atoms with Gasteiger partial charge in [0.05, 0.1) is 17.9 Å². The second-order valence-electron chi connectivity index (χ2n) is 7.22. The summed E-state index contributed by atoms with van der Waals surface area (Å²) in [6, 6.07) is 6.47. The van der Waals surface area contributed by atoms with Gasteiger partial charge in [0.2, 0.25) is 0 Å². The predicted molar refractivity (Wildman–Crippen MR) is 114 cm³/mol. The molecule has 0 radical (unpaired) electrons. The highest BCUT2D eigenvalue weighted by Crippen LogP contribution is 2.28. The van der Waals surface area contributed by atoms with Gasteiger partial charge in [0, 0.05) is 13.1 Å². The molecule has 1 amide bonds. The summed E-state index contributed by atoms with van der Waals surface area (Å²) < 4.78 is 36.7. The van der Waals surface area contributed by atoms with E-state index in [0.717, 1.165) is 21.7 Å². The molecule has 2 aromatic carbocycles. The maximum atomic E-state index is 15.0. The maximum Gasteiger partial charge on any atom is 0.350 e. The van der Waals surface area contributed by atoms with Crippen molar-refractivity contribution in [3.63, 3.8) is 0 Å². The molecule has 0 spiro atoms. The molecule has 10 heteroatoms. The number of benzene rings is 2. The maximum absolute atomic E-state index is 15.0. The largest absolute Gasteiger partial charge is 0.493 e. The van der Waals surface area contributed by atoms with E-state index in [2.05, 4.69) is 10.4 Å². The first kappa shape index (κ1) is 23.1. The van der Waals surface area contributed by atoms with Crippen LogP contribution in [0.3, 0.4) is 0 Å². The molecule has 3 rings (SSSR count). The number of aliphatic hydroxyl groups excluding tert-OH is 1. The second-order valence-corrected chi connectivity index (χ2v) is 7.22. The van der Waals surface area contributed by atoms with E-state index in [4.69, 9.17) is 4.74 Å². The number of nitrogens with one attached hydrogen (secondary N) is 1. The Morgan fingerprint density at radius 2 is 2.00 bits per heavy atom. The van der Waals surface area contributed by atoms with Crippen LogP contribution in [0.15, 0.2) is 35.1 Å². The van der Waals surface area contributed by atoms with Gasteiger partial charge in [-0.3, -0.25) is 9.36 Å². The van der Waals surface area contributed by atoms with E-state index in [1.54, 1.807) is 13.0 Å². The van der Waals surface area contributed by atoms with Gasteiger partial charge in [0.1, 0.15) is 29.7 Å². The number of halogens is 2. The molecular formula is C22H24F2N4O4. The third-order valence-corrected chi connectivity index (χ3v) is 4.95. The van der Waals surface area contributed by atoms with Crippen LogP contribution < -0.4 is 15.7 Å². The highest BCUT2D eigenvalue weighted by atomic mass is 19.1. The lowest BCUT2D eigenvalue weighted by Crippen LogP contribution is -2.23. The monoisotopic (exact) mass is 446 g/mol. The van der Waals surface area contributed by atoms with Gasteiger partial charge in [-0.15, -0.1) is 5.10 Å². The van der Waals surface area contributed by atoms with Crippen molar-refractivity contribution in [3.05, 3.63) is 69.4 Å². The van der Waals surface area contributed by atoms with Crippen LogP contribution >= 0.6 is 0 Å². The Morgan fingerprint density at radius 3 is 2.62 bits per heavy atom. The molecule has 0 aliphatic rings. The number of nitrogens with zero attached hydrogens (tertiary/aromatic N) is 3. The van der Waals surface area contributed by atoms with Crippen LogP contribution in [0.4, 0.5) is 14.5 Å². The average Bonchev–Trinajstić information content (AvgIpc) is 3.05. The quantitative estimate of drug-likeness (QED) is 0.518. The van der Waals surface area contributed by atoms with Crippen LogP contribution in [0.1, 0.15) is 41.5 Å². The Balaban J connectivity index is 2.07. The van der Waals surface area contributed by atoms with Crippen molar-refractivity contribution in [2.24, 2.45) is 7.05 Å². The molecule has 0 unspecified atom stereocenters. The van der Waals surface area contributed by atoms with E-state index >= 15 is 4.39 Å². The predicted octanol–water partition coefficient (Wildman–Crippen LogP) is 3.08. The number of carbonyl (C=O) groups excluding carboxylic acids is 1. The Kier molecular flexibility index (Phi) is 7.04. The molecule has 170 valence electrons. The summed E-state index contributed by atoms with van der Waals surface area (Å²) in [5.74, 6) is -2.24. The molecule has 8 nitrogen and oxygen atoms in total. The number of anilines is 1. The minimum atomic E-state index is -0.909. The summed E-state index contributed by atoms with van der Waals surface area (Å²) in [4.78, 5) is 25.3. The van der Waals surface area contributed by atoms with Crippen molar-refractivity contribution in [1.82, 2.24) is 14.3 Å². The van der Waals surface area contributed by atoms with Crippen LogP contribution in [0.25, 0.3) is 5.69 Å². The molecule has 0 saturated carbocycles. The van der Waals surface area contributed by atoms with Gasteiger partial charge in [-0.2, -0.15) is 4.68 Å². The highest BCUT2D eigenvalue weighted by Gasteiger charge is 2.22. The van der Waals surface area contributed by atoms with Crippen molar-refractivity contribution in [3.8, 4) is 11.4 Å². The normalized spacial score (nSPS) is 10.9. The Bertz CT molecular complexity index is 1180. The lowest BCUT2D eigenvalue weighted by molar-refractivity contribution is 0.102. The van der Waals surface area contributed by atoms with E-state index < -0.39 is 29.8 Å². The number of carbonyl (C=O) groups is 1. The number of ether oxygens (including phenoxy) is 1. The van der Waals surface area contributed by atoms with Gasteiger partial charge in [0.15, 0.2) is 5.82 Å². The van der Waals surface area contributed by atoms with Crippen LogP contribution in [0.2, 0.25) is 0 Å². The zero-order valence-electron chi connectivity index (χ0n) is 18.0.